The molecule has 3 atom stereocenters. The van der Waals surface area contributed by atoms with Crippen LogP contribution in [0.4, 0.5) is 32.0 Å². The van der Waals surface area contributed by atoms with Gasteiger partial charge in [0.25, 0.3) is 5.91 Å². The van der Waals surface area contributed by atoms with Crippen LogP contribution < -0.4 is 14.8 Å². The molecule has 0 aromatic heterocycles. The van der Waals surface area contributed by atoms with E-state index in [1.165, 1.54) is 18.2 Å². The second-order valence-electron chi connectivity index (χ2n) is 13.3. The van der Waals surface area contributed by atoms with Gasteiger partial charge >= 0.3 is 12.4 Å². The number of carbonyl (C=O) groups is 2. The van der Waals surface area contributed by atoms with Crippen LogP contribution in [-0.4, -0.2) is 65.6 Å². The zero-order valence-corrected chi connectivity index (χ0v) is 30.2. The van der Waals surface area contributed by atoms with Crippen molar-refractivity contribution in [2.75, 3.05) is 32.1 Å². The lowest BCUT2D eigenvalue weighted by atomic mass is 9.98. The van der Waals surface area contributed by atoms with E-state index in [1.807, 2.05) is 18.9 Å². The molecule has 0 bridgehead atoms. The van der Waals surface area contributed by atoms with Crippen LogP contribution in [0.1, 0.15) is 46.5 Å². The Hall–Kier alpha value is -4.79. The predicted octanol–water partition coefficient (Wildman–Crippen LogP) is 8.70. The molecule has 4 aromatic rings. The van der Waals surface area contributed by atoms with Crippen LogP contribution in [0, 0.1) is 5.92 Å². The van der Waals surface area contributed by atoms with Crippen LogP contribution in [0.15, 0.2) is 84.9 Å². The molecule has 0 radical (unpaired) electrons. The molecular formula is C39H38ClF6N3O5. The number of alkyl halides is 6. The fraction of sp³-hybridized carbons (Fsp3) is 0.333. The molecule has 0 aliphatic carbocycles. The van der Waals surface area contributed by atoms with Crippen LogP contribution in [-0.2, 0) is 30.1 Å². The highest BCUT2D eigenvalue weighted by molar-refractivity contribution is 6.31. The first-order valence-corrected chi connectivity index (χ1v) is 17.3. The van der Waals surface area contributed by atoms with E-state index in [0.29, 0.717) is 24.4 Å². The number of para-hydroxylation sites is 1. The van der Waals surface area contributed by atoms with Gasteiger partial charge in [-0.2, -0.15) is 26.3 Å². The van der Waals surface area contributed by atoms with Crippen molar-refractivity contribution in [2.24, 2.45) is 5.92 Å². The number of hydrogen-bond donors (Lipinski definition) is 2. The van der Waals surface area contributed by atoms with Crippen LogP contribution in [0.3, 0.4) is 0 Å². The van der Waals surface area contributed by atoms with Gasteiger partial charge in [-0.3, -0.25) is 14.5 Å². The Kier molecular flexibility index (Phi) is 12.5. The molecule has 15 heteroatoms. The fourth-order valence-corrected chi connectivity index (χ4v) is 6.24. The van der Waals surface area contributed by atoms with Gasteiger partial charge in [-0.05, 0) is 79.7 Å². The molecule has 8 nitrogen and oxygen atoms in total. The zero-order chi connectivity index (χ0) is 39.4. The normalized spacial score (nSPS) is 17.0. The highest BCUT2D eigenvalue weighted by Crippen LogP contribution is 2.38. The van der Waals surface area contributed by atoms with Crippen molar-refractivity contribution in [1.82, 2.24) is 9.80 Å². The van der Waals surface area contributed by atoms with Crippen molar-refractivity contribution in [3.05, 3.63) is 118 Å². The maximum atomic E-state index is 13.8. The van der Waals surface area contributed by atoms with Gasteiger partial charge < -0.3 is 24.8 Å². The molecule has 288 valence electrons. The van der Waals surface area contributed by atoms with E-state index in [2.05, 4.69) is 5.32 Å². The quantitative estimate of drug-likeness (QED) is 0.148. The zero-order valence-electron chi connectivity index (χ0n) is 29.5. The molecule has 54 heavy (non-hydrogen) atoms. The molecule has 1 aliphatic heterocycles. The van der Waals surface area contributed by atoms with Gasteiger partial charge in [0.05, 0.1) is 46.5 Å². The molecule has 1 heterocycles. The number of likely N-dealkylation sites (N-methyl/N-ethyl adjacent to an activating group) is 1. The first-order valence-electron chi connectivity index (χ1n) is 16.9. The predicted molar refractivity (Wildman–Crippen MR) is 191 cm³/mol. The number of carbonyl (C=O) groups excluding carboxylic acids is 2. The maximum absolute atomic E-state index is 13.8. The number of benzene rings is 4. The van der Waals surface area contributed by atoms with Crippen molar-refractivity contribution < 1.29 is 50.5 Å². The minimum absolute atomic E-state index is 0.0227. The van der Waals surface area contributed by atoms with Gasteiger partial charge in [-0.15, -0.1) is 0 Å². The van der Waals surface area contributed by atoms with E-state index in [-0.39, 0.29) is 48.2 Å². The number of anilines is 1. The van der Waals surface area contributed by atoms with E-state index in [4.69, 9.17) is 21.1 Å². The summed E-state index contributed by atoms with van der Waals surface area (Å²) in [5.41, 5.74) is -0.249. The largest absolute Gasteiger partial charge is 0.486 e. The van der Waals surface area contributed by atoms with Crippen molar-refractivity contribution in [3.63, 3.8) is 0 Å². The van der Waals surface area contributed by atoms with Gasteiger partial charge in [0, 0.05) is 25.6 Å². The Balaban J connectivity index is 1.32. The number of aliphatic hydroxyl groups excluding tert-OH is 1. The number of nitrogens with one attached hydrogen (secondary N) is 1. The number of ether oxygens (including phenoxy) is 2. The van der Waals surface area contributed by atoms with Crippen LogP contribution >= 0.6 is 11.6 Å². The number of amides is 2. The van der Waals surface area contributed by atoms with Gasteiger partial charge in [-0.1, -0.05) is 48.9 Å². The summed E-state index contributed by atoms with van der Waals surface area (Å²) in [7, 11) is 1.86. The Morgan fingerprint density at radius 2 is 1.63 bits per heavy atom. The van der Waals surface area contributed by atoms with Gasteiger partial charge in [0.1, 0.15) is 17.6 Å². The number of fused-ring (bicyclic) bond motifs is 1. The lowest BCUT2D eigenvalue weighted by Crippen LogP contribution is -2.49. The van der Waals surface area contributed by atoms with E-state index >= 15 is 0 Å². The maximum Gasteiger partial charge on any atom is 0.417 e. The summed E-state index contributed by atoms with van der Waals surface area (Å²) in [5, 5.41) is 12.3. The fourth-order valence-electron chi connectivity index (χ4n) is 6.02. The van der Waals surface area contributed by atoms with Crippen LogP contribution in [0.25, 0.3) is 0 Å². The number of halogens is 7. The highest BCUT2D eigenvalue weighted by Gasteiger charge is 2.36. The van der Waals surface area contributed by atoms with Crippen LogP contribution in [0.2, 0.25) is 5.02 Å². The topological polar surface area (TPSA) is 91.3 Å². The van der Waals surface area contributed by atoms with Gasteiger partial charge in [-0.25, -0.2) is 0 Å². The van der Waals surface area contributed by atoms with Gasteiger partial charge in [0.2, 0.25) is 5.91 Å². The SMILES string of the molecule is CC(CO)N1C[C@@H](C)[C@@H](CN(C)Cc2ccc(Oc3ccc(Cl)c(C(F)(F)F)c3)cc2)Oc2c(NC(=O)Cc3ccc(C(F)(F)F)cc3)cccc2C1=O. The summed E-state index contributed by atoms with van der Waals surface area (Å²) < 4.78 is 91.2. The standard InChI is InChI=1S/C39H38ClF6N3O5/c1-23-19-49(24(2)22-50)37(52)30-5-4-6-33(47-35(51)17-25-7-11-27(12-8-25)38(41,42)43)36(30)54-34(23)21-48(3)20-26-9-13-28(14-10-26)53-29-15-16-32(40)31(18-29)39(44,45)46/h4-16,18,23-24,34,50H,17,19-22H2,1-3H3,(H,47,51)/t23-,24?,34-/m1/s1. The molecule has 0 saturated carbocycles. The third-order valence-corrected chi connectivity index (χ3v) is 9.29. The summed E-state index contributed by atoms with van der Waals surface area (Å²) in [6.45, 7) is 4.39. The van der Waals surface area contributed by atoms with Crippen molar-refractivity contribution in [2.45, 2.75) is 51.3 Å². The Bertz CT molecular complexity index is 1940. The monoisotopic (exact) mass is 777 g/mol. The second kappa shape index (κ2) is 16.7. The number of nitrogens with zero attached hydrogens (tertiary/aromatic N) is 2. The number of rotatable bonds is 11. The molecule has 5 rings (SSSR count). The van der Waals surface area contributed by atoms with E-state index in [0.717, 1.165) is 29.8 Å². The Morgan fingerprint density at radius 3 is 2.26 bits per heavy atom. The molecular weight excluding hydrogens is 740 g/mol. The molecule has 0 fully saturated rings. The highest BCUT2D eigenvalue weighted by atomic mass is 35.5. The van der Waals surface area contributed by atoms with Crippen molar-refractivity contribution >= 4 is 29.1 Å². The first kappa shape index (κ1) is 40.4. The summed E-state index contributed by atoms with van der Waals surface area (Å²) in [4.78, 5) is 30.5. The average Bonchev–Trinajstić information content (AvgIpc) is 3.10. The summed E-state index contributed by atoms with van der Waals surface area (Å²) in [6.07, 6.45) is -9.91. The molecule has 1 unspecified atom stereocenters. The summed E-state index contributed by atoms with van der Waals surface area (Å²) in [5.74, 6) is -0.772. The van der Waals surface area contributed by atoms with Crippen molar-refractivity contribution in [3.8, 4) is 17.2 Å². The molecule has 2 amide bonds. The minimum Gasteiger partial charge on any atom is -0.486 e. The second-order valence-corrected chi connectivity index (χ2v) is 13.7. The first-order chi connectivity index (χ1) is 25.4. The number of aliphatic hydroxyl groups is 1. The van der Waals surface area contributed by atoms with E-state index in [9.17, 15) is 41.0 Å². The van der Waals surface area contributed by atoms with E-state index in [1.54, 1.807) is 54.3 Å². The molecule has 0 saturated heterocycles. The third-order valence-electron chi connectivity index (χ3n) is 8.96. The number of hydrogen-bond acceptors (Lipinski definition) is 6. The Labute approximate surface area is 313 Å². The lowest BCUT2D eigenvalue weighted by molar-refractivity contribution is -0.138. The average molecular weight is 778 g/mol. The van der Waals surface area contributed by atoms with Crippen molar-refractivity contribution in [1.29, 1.82) is 0 Å². The molecule has 1 aliphatic rings. The lowest BCUT2D eigenvalue weighted by Gasteiger charge is -2.38. The summed E-state index contributed by atoms with van der Waals surface area (Å²) >= 11 is 5.72. The molecule has 2 N–H and O–H groups in total. The minimum atomic E-state index is -4.64. The van der Waals surface area contributed by atoms with E-state index < -0.39 is 52.5 Å². The van der Waals surface area contributed by atoms with Gasteiger partial charge in [0.15, 0.2) is 5.75 Å². The summed E-state index contributed by atoms with van der Waals surface area (Å²) in [6, 6.07) is 18.6. The molecule has 0 spiro atoms. The van der Waals surface area contributed by atoms with Crippen LogP contribution in [0.5, 0.6) is 17.2 Å². The Morgan fingerprint density at radius 1 is 0.981 bits per heavy atom. The smallest absolute Gasteiger partial charge is 0.417 e. The molecule has 4 aromatic carbocycles. The third kappa shape index (κ3) is 10.0.